The zero-order valence-electron chi connectivity index (χ0n) is 20.2. The first-order valence-corrected chi connectivity index (χ1v) is 13.7. The third-order valence-electron chi connectivity index (χ3n) is 5.91. The van der Waals surface area contributed by atoms with E-state index in [9.17, 15) is 13.2 Å². The summed E-state index contributed by atoms with van der Waals surface area (Å²) in [5, 5.41) is 2.01. The summed E-state index contributed by atoms with van der Waals surface area (Å²) in [7, 11) is -2.46. The van der Waals surface area contributed by atoms with Crippen LogP contribution in [0.4, 0.5) is 0 Å². The summed E-state index contributed by atoms with van der Waals surface area (Å²) < 4.78 is 35.1. The number of nitrogens with one attached hydrogen (secondary N) is 1. The Kier molecular flexibility index (Phi) is 8.34. The Bertz CT molecular complexity index is 1540. The van der Waals surface area contributed by atoms with Gasteiger partial charge >= 0.3 is 0 Å². The Morgan fingerprint density at radius 2 is 1.81 bits per heavy atom. The van der Waals surface area contributed by atoms with Crippen LogP contribution in [0.3, 0.4) is 0 Å². The highest BCUT2D eigenvalue weighted by Crippen LogP contribution is 2.34. The summed E-state index contributed by atoms with van der Waals surface area (Å²) in [6, 6.07) is 19.0. The van der Waals surface area contributed by atoms with Gasteiger partial charge in [0.05, 0.1) is 22.1 Å². The van der Waals surface area contributed by atoms with Crippen molar-refractivity contribution in [2.75, 3.05) is 26.7 Å². The molecule has 0 saturated heterocycles. The Hall–Kier alpha value is -3.17. The molecule has 1 N–H and O–H groups in total. The molecule has 37 heavy (non-hydrogen) atoms. The number of ether oxygens (including phenoxy) is 1. The van der Waals surface area contributed by atoms with Gasteiger partial charge in [-0.1, -0.05) is 59.6 Å². The molecule has 3 aromatic carbocycles. The largest absolute Gasteiger partial charge is 0.481 e. The predicted octanol–water partition coefficient (Wildman–Crippen LogP) is 5.66. The summed E-state index contributed by atoms with van der Waals surface area (Å²) >= 11 is 12.0. The number of carbonyl (C=O) groups excluding carboxylic acids is 1. The number of likely N-dealkylation sites (N-methyl/N-ethyl adjacent to an activating group) is 1. The lowest BCUT2D eigenvalue weighted by atomic mass is 10.0. The topological polar surface area (TPSA) is 88.6 Å². The van der Waals surface area contributed by atoms with Crippen molar-refractivity contribution in [1.29, 1.82) is 0 Å². The van der Waals surface area contributed by atoms with E-state index in [-0.39, 0.29) is 28.9 Å². The third kappa shape index (κ3) is 5.88. The van der Waals surface area contributed by atoms with E-state index in [1.165, 1.54) is 13.2 Å². The average molecular weight is 558 g/mol. The van der Waals surface area contributed by atoms with Crippen LogP contribution in [0.5, 0.6) is 5.88 Å². The van der Waals surface area contributed by atoms with E-state index in [1.54, 1.807) is 53.6 Å². The Morgan fingerprint density at radius 1 is 1.03 bits per heavy atom. The number of nitrogens with zero attached hydrogens (tertiary/aromatic N) is 2. The van der Waals surface area contributed by atoms with Crippen LogP contribution in [0.15, 0.2) is 77.8 Å². The van der Waals surface area contributed by atoms with Crippen LogP contribution in [-0.4, -0.2) is 51.0 Å². The van der Waals surface area contributed by atoms with Crippen molar-refractivity contribution in [3.8, 4) is 17.0 Å². The molecule has 1 aromatic heterocycles. The molecular weight excluding hydrogens is 533 g/mol. The van der Waals surface area contributed by atoms with E-state index in [0.29, 0.717) is 39.5 Å². The van der Waals surface area contributed by atoms with E-state index in [2.05, 4.69) is 9.71 Å². The van der Waals surface area contributed by atoms with Crippen LogP contribution in [0.2, 0.25) is 10.0 Å². The SMILES string of the molecule is CCN(CCNS(=O)(=O)c1c(-c2ccc(OC)nc2)ccc2ccccc12)C(=O)c1ccc(Cl)c(Cl)c1. The molecule has 7 nitrogen and oxygen atoms in total. The van der Waals surface area contributed by atoms with Gasteiger partial charge in [0.15, 0.2) is 0 Å². The molecule has 0 aliphatic heterocycles. The van der Waals surface area contributed by atoms with Crippen LogP contribution >= 0.6 is 23.2 Å². The number of carbonyl (C=O) groups is 1. The molecule has 1 heterocycles. The molecule has 0 saturated carbocycles. The molecule has 4 rings (SSSR count). The number of hydrogen-bond donors (Lipinski definition) is 1. The second-order valence-electron chi connectivity index (χ2n) is 8.16. The fourth-order valence-electron chi connectivity index (χ4n) is 4.02. The highest BCUT2D eigenvalue weighted by Gasteiger charge is 2.24. The van der Waals surface area contributed by atoms with Crippen molar-refractivity contribution >= 4 is 49.9 Å². The Balaban J connectivity index is 1.61. The van der Waals surface area contributed by atoms with Crippen molar-refractivity contribution in [3.05, 3.63) is 88.5 Å². The van der Waals surface area contributed by atoms with E-state index < -0.39 is 10.0 Å². The molecule has 0 radical (unpaired) electrons. The minimum atomic E-state index is -3.97. The van der Waals surface area contributed by atoms with Crippen molar-refractivity contribution in [2.45, 2.75) is 11.8 Å². The maximum Gasteiger partial charge on any atom is 0.253 e. The number of sulfonamides is 1. The van der Waals surface area contributed by atoms with Crippen molar-refractivity contribution in [1.82, 2.24) is 14.6 Å². The summed E-state index contributed by atoms with van der Waals surface area (Å²) in [6.45, 7) is 2.40. The molecule has 4 aromatic rings. The first-order valence-electron chi connectivity index (χ1n) is 11.5. The first kappa shape index (κ1) is 26.9. The zero-order chi connectivity index (χ0) is 26.6. The lowest BCUT2D eigenvalue weighted by Gasteiger charge is -2.22. The van der Waals surface area contributed by atoms with Gasteiger partial charge in [0.1, 0.15) is 0 Å². The maximum atomic E-state index is 13.7. The van der Waals surface area contributed by atoms with Crippen LogP contribution in [-0.2, 0) is 10.0 Å². The van der Waals surface area contributed by atoms with Gasteiger partial charge in [0, 0.05) is 54.0 Å². The summed E-state index contributed by atoms with van der Waals surface area (Å²) in [4.78, 5) is 18.9. The number of amides is 1. The van der Waals surface area contributed by atoms with E-state index in [0.717, 1.165) is 5.39 Å². The third-order valence-corrected chi connectivity index (χ3v) is 8.21. The monoisotopic (exact) mass is 557 g/mol. The molecule has 1 amide bonds. The fourth-order valence-corrected chi connectivity index (χ4v) is 5.78. The van der Waals surface area contributed by atoms with Crippen LogP contribution in [0.1, 0.15) is 17.3 Å². The average Bonchev–Trinajstić information content (AvgIpc) is 2.91. The van der Waals surface area contributed by atoms with Gasteiger partial charge < -0.3 is 9.64 Å². The summed E-state index contributed by atoms with van der Waals surface area (Å²) in [6.07, 6.45) is 1.58. The zero-order valence-corrected chi connectivity index (χ0v) is 22.6. The number of benzene rings is 3. The van der Waals surface area contributed by atoms with E-state index in [1.807, 2.05) is 25.1 Å². The number of aromatic nitrogens is 1. The molecule has 0 atom stereocenters. The molecular formula is C27H25Cl2N3O4S. The fraction of sp³-hybridized carbons (Fsp3) is 0.185. The van der Waals surface area contributed by atoms with E-state index >= 15 is 0 Å². The molecule has 0 spiro atoms. The molecule has 0 fully saturated rings. The molecule has 0 aliphatic rings. The van der Waals surface area contributed by atoms with E-state index in [4.69, 9.17) is 27.9 Å². The van der Waals surface area contributed by atoms with Gasteiger partial charge in [-0.05, 0) is 36.6 Å². The normalized spacial score (nSPS) is 11.5. The lowest BCUT2D eigenvalue weighted by Crippen LogP contribution is -2.38. The highest BCUT2D eigenvalue weighted by molar-refractivity contribution is 7.89. The van der Waals surface area contributed by atoms with Gasteiger partial charge in [-0.3, -0.25) is 4.79 Å². The van der Waals surface area contributed by atoms with Gasteiger partial charge in [0.2, 0.25) is 15.9 Å². The van der Waals surface area contributed by atoms with Crippen molar-refractivity contribution < 1.29 is 17.9 Å². The van der Waals surface area contributed by atoms with Gasteiger partial charge in [-0.15, -0.1) is 0 Å². The predicted molar refractivity (Wildman–Crippen MR) is 147 cm³/mol. The molecule has 0 unspecified atom stereocenters. The number of hydrogen-bond acceptors (Lipinski definition) is 5. The molecule has 0 aliphatic carbocycles. The second kappa shape index (κ2) is 11.5. The maximum absolute atomic E-state index is 13.7. The quantitative estimate of drug-likeness (QED) is 0.287. The van der Waals surface area contributed by atoms with Crippen molar-refractivity contribution in [3.63, 3.8) is 0 Å². The van der Waals surface area contributed by atoms with Gasteiger partial charge in [-0.2, -0.15) is 0 Å². The molecule has 10 heteroatoms. The van der Waals surface area contributed by atoms with Crippen molar-refractivity contribution in [2.24, 2.45) is 0 Å². The Morgan fingerprint density at radius 3 is 2.49 bits per heavy atom. The standard InChI is InChI=1S/C27H25Cl2N3O4S/c1-3-32(27(33)19-9-12-23(28)24(29)16-19)15-14-31-37(34,35)26-21-7-5-4-6-18(21)8-11-22(26)20-10-13-25(36-2)30-17-20/h4-13,16-17,31H,3,14-15H2,1-2H3. The number of rotatable bonds is 9. The number of halogens is 2. The lowest BCUT2D eigenvalue weighted by molar-refractivity contribution is 0.0767. The smallest absolute Gasteiger partial charge is 0.253 e. The van der Waals surface area contributed by atoms with Gasteiger partial charge in [-0.25, -0.2) is 18.1 Å². The summed E-state index contributed by atoms with van der Waals surface area (Å²) in [5.41, 5.74) is 1.53. The second-order valence-corrected chi connectivity index (χ2v) is 10.7. The Labute approximate surface area is 226 Å². The minimum Gasteiger partial charge on any atom is -0.481 e. The number of fused-ring (bicyclic) bond motifs is 1. The number of pyridine rings is 1. The highest BCUT2D eigenvalue weighted by atomic mass is 35.5. The van der Waals surface area contributed by atoms with Crippen LogP contribution in [0, 0.1) is 0 Å². The first-order chi connectivity index (χ1) is 17.7. The van der Waals surface area contributed by atoms with Gasteiger partial charge in [0.25, 0.3) is 5.91 Å². The minimum absolute atomic E-state index is 0.0206. The summed E-state index contributed by atoms with van der Waals surface area (Å²) in [5.74, 6) is 0.161. The van der Waals surface area contributed by atoms with Crippen LogP contribution in [0.25, 0.3) is 21.9 Å². The molecule has 192 valence electrons. The number of methoxy groups -OCH3 is 1. The molecule has 0 bridgehead atoms. The van der Waals surface area contributed by atoms with Crippen LogP contribution < -0.4 is 9.46 Å².